The normalized spacial score (nSPS) is 10.5. The molecule has 0 aliphatic heterocycles. The molecule has 4 nitrogen and oxygen atoms in total. The van der Waals surface area contributed by atoms with Crippen molar-refractivity contribution in [1.29, 1.82) is 0 Å². The van der Waals surface area contributed by atoms with Gasteiger partial charge in [0.1, 0.15) is 5.82 Å². The summed E-state index contributed by atoms with van der Waals surface area (Å²) < 4.78 is 13.9. The number of rotatable bonds is 6. The highest BCUT2D eigenvalue weighted by molar-refractivity contribution is 6.39. The van der Waals surface area contributed by atoms with Gasteiger partial charge in [-0.2, -0.15) is 0 Å². The molecule has 0 radical (unpaired) electrons. The number of hydrogen-bond acceptors (Lipinski definition) is 2. The van der Waals surface area contributed by atoms with Crippen LogP contribution < -0.4 is 5.32 Å². The van der Waals surface area contributed by atoms with Gasteiger partial charge in [0.2, 0.25) is 11.8 Å². The van der Waals surface area contributed by atoms with E-state index in [1.54, 1.807) is 25.1 Å². The minimum absolute atomic E-state index is 0.104. The van der Waals surface area contributed by atoms with E-state index in [2.05, 4.69) is 5.32 Å². The van der Waals surface area contributed by atoms with Crippen molar-refractivity contribution in [3.05, 3.63) is 62.8 Å². The first-order valence-electron chi connectivity index (χ1n) is 7.78. The van der Waals surface area contributed by atoms with Gasteiger partial charge in [-0.15, -0.1) is 0 Å². The fourth-order valence-electron chi connectivity index (χ4n) is 2.31. The largest absolute Gasteiger partial charge is 0.333 e. The number of anilines is 1. The van der Waals surface area contributed by atoms with E-state index in [9.17, 15) is 14.0 Å². The van der Waals surface area contributed by atoms with Gasteiger partial charge < -0.3 is 10.2 Å². The number of carbonyl (C=O) groups excluding carboxylic acids is 2. The fraction of sp³-hybridized carbons (Fsp3) is 0.222. The number of benzene rings is 2. The molecular formula is C18H16Cl3FN2O2. The summed E-state index contributed by atoms with van der Waals surface area (Å²) in [5.41, 5.74) is 0.383. The zero-order valence-corrected chi connectivity index (χ0v) is 16.1. The lowest BCUT2D eigenvalue weighted by atomic mass is 10.1. The maximum Gasteiger partial charge on any atom is 0.244 e. The minimum Gasteiger partial charge on any atom is -0.333 e. The van der Waals surface area contributed by atoms with Crippen LogP contribution in [0.4, 0.5) is 10.1 Å². The molecule has 0 aliphatic carbocycles. The Balaban J connectivity index is 2.06. The Bertz CT molecular complexity index is 790. The highest BCUT2D eigenvalue weighted by Gasteiger charge is 2.20. The molecule has 0 atom stereocenters. The molecule has 2 aromatic carbocycles. The summed E-state index contributed by atoms with van der Waals surface area (Å²) in [7, 11) is 0. The van der Waals surface area contributed by atoms with Gasteiger partial charge in [0.25, 0.3) is 0 Å². The van der Waals surface area contributed by atoms with Crippen LogP contribution in [0.15, 0.2) is 36.4 Å². The molecule has 0 fully saturated rings. The van der Waals surface area contributed by atoms with E-state index < -0.39 is 17.6 Å². The quantitative estimate of drug-likeness (QED) is 0.733. The summed E-state index contributed by atoms with van der Waals surface area (Å²) in [4.78, 5) is 26.0. The van der Waals surface area contributed by atoms with Gasteiger partial charge >= 0.3 is 0 Å². The molecule has 0 bridgehead atoms. The lowest BCUT2D eigenvalue weighted by Crippen LogP contribution is -2.39. The second-order valence-corrected chi connectivity index (χ2v) is 6.65. The molecule has 2 rings (SSSR count). The van der Waals surface area contributed by atoms with Gasteiger partial charge in [0.15, 0.2) is 0 Å². The van der Waals surface area contributed by atoms with E-state index in [0.29, 0.717) is 10.0 Å². The summed E-state index contributed by atoms with van der Waals surface area (Å²) in [6.07, 6.45) is -0.237. The van der Waals surface area contributed by atoms with E-state index >= 15 is 0 Å². The third-order valence-electron chi connectivity index (χ3n) is 3.69. The predicted molar refractivity (Wildman–Crippen MR) is 102 cm³/mol. The molecule has 2 aromatic rings. The number of likely N-dealkylation sites (N-methyl/N-ethyl adjacent to an activating group) is 1. The van der Waals surface area contributed by atoms with Crippen LogP contribution in [0, 0.1) is 5.82 Å². The summed E-state index contributed by atoms with van der Waals surface area (Å²) >= 11 is 18.0. The van der Waals surface area contributed by atoms with E-state index in [1.165, 1.54) is 23.1 Å². The van der Waals surface area contributed by atoms with Gasteiger partial charge in [-0.25, -0.2) is 4.39 Å². The summed E-state index contributed by atoms with van der Waals surface area (Å²) in [5.74, 6) is -1.44. The van der Waals surface area contributed by atoms with Crippen molar-refractivity contribution < 1.29 is 14.0 Å². The summed E-state index contributed by atoms with van der Waals surface area (Å²) in [6, 6.07) is 9.04. The average molecular weight is 418 g/mol. The van der Waals surface area contributed by atoms with Gasteiger partial charge in [-0.3, -0.25) is 9.59 Å². The Kier molecular flexibility index (Phi) is 7.26. The zero-order chi connectivity index (χ0) is 19.3. The smallest absolute Gasteiger partial charge is 0.244 e. The standard InChI is InChI=1S/C18H16Cl3FN2O2/c1-2-24(17(26)9-11-12(19)5-4-8-15(11)22)10-16(25)23-18-13(20)6-3-7-14(18)21/h3-8H,2,9-10H2,1H3,(H,23,25). The topological polar surface area (TPSA) is 49.4 Å². The lowest BCUT2D eigenvalue weighted by molar-refractivity contribution is -0.133. The molecule has 8 heteroatoms. The van der Waals surface area contributed by atoms with Crippen molar-refractivity contribution in [2.24, 2.45) is 0 Å². The number of nitrogens with one attached hydrogen (secondary N) is 1. The van der Waals surface area contributed by atoms with E-state index in [1.807, 2.05) is 0 Å². The first kappa shape index (κ1) is 20.5. The van der Waals surface area contributed by atoms with Gasteiger partial charge in [0, 0.05) is 17.1 Å². The molecule has 0 unspecified atom stereocenters. The van der Waals surface area contributed by atoms with Gasteiger partial charge in [-0.05, 0) is 31.2 Å². The van der Waals surface area contributed by atoms with Crippen molar-refractivity contribution >= 4 is 52.3 Å². The van der Waals surface area contributed by atoms with Crippen LogP contribution in [-0.2, 0) is 16.0 Å². The number of hydrogen-bond donors (Lipinski definition) is 1. The molecule has 0 heterocycles. The highest BCUT2D eigenvalue weighted by atomic mass is 35.5. The first-order valence-corrected chi connectivity index (χ1v) is 8.91. The molecule has 0 spiro atoms. The van der Waals surface area contributed by atoms with Crippen molar-refractivity contribution in [2.45, 2.75) is 13.3 Å². The molecule has 1 N–H and O–H groups in total. The fourth-order valence-corrected chi connectivity index (χ4v) is 3.03. The number of para-hydroxylation sites is 1. The molecule has 0 aliphatic rings. The van der Waals surface area contributed by atoms with Crippen LogP contribution >= 0.6 is 34.8 Å². The Labute approximate surface area is 165 Å². The molecule has 138 valence electrons. The Morgan fingerprint density at radius 2 is 1.62 bits per heavy atom. The Morgan fingerprint density at radius 3 is 2.19 bits per heavy atom. The van der Waals surface area contributed by atoms with Crippen LogP contribution in [0.2, 0.25) is 15.1 Å². The monoisotopic (exact) mass is 416 g/mol. The van der Waals surface area contributed by atoms with Crippen molar-refractivity contribution in [1.82, 2.24) is 4.90 Å². The molecule has 0 saturated carbocycles. The first-order chi connectivity index (χ1) is 12.3. The minimum atomic E-state index is -0.561. The molecule has 2 amide bonds. The summed E-state index contributed by atoms with van der Waals surface area (Å²) in [5, 5.41) is 3.34. The predicted octanol–water partition coefficient (Wildman–Crippen LogP) is 4.82. The van der Waals surface area contributed by atoms with E-state index in [-0.39, 0.29) is 35.8 Å². The van der Waals surface area contributed by atoms with Crippen molar-refractivity contribution in [2.75, 3.05) is 18.4 Å². The maximum absolute atomic E-state index is 13.9. The van der Waals surface area contributed by atoms with Crippen LogP contribution in [-0.4, -0.2) is 29.8 Å². The highest BCUT2D eigenvalue weighted by Crippen LogP contribution is 2.29. The molecule has 0 aromatic heterocycles. The Morgan fingerprint density at radius 1 is 1.04 bits per heavy atom. The number of carbonyl (C=O) groups is 2. The average Bonchev–Trinajstić information content (AvgIpc) is 2.59. The third kappa shape index (κ3) is 5.10. The van der Waals surface area contributed by atoms with E-state index in [0.717, 1.165) is 0 Å². The van der Waals surface area contributed by atoms with Gasteiger partial charge in [0.05, 0.1) is 28.7 Å². The lowest BCUT2D eigenvalue weighted by Gasteiger charge is -2.21. The van der Waals surface area contributed by atoms with Crippen molar-refractivity contribution in [3.8, 4) is 0 Å². The van der Waals surface area contributed by atoms with Crippen LogP contribution in [0.3, 0.4) is 0 Å². The van der Waals surface area contributed by atoms with E-state index in [4.69, 9.17) is 34.8 Å². The third-order valence-corrected chi connectivity index (χ3v) is 4.67. The number of nitrogens with zero attached hydrogens (tertiary/aromatic N) is 1. The second kappa shape index (κ2) is 9.21. The molecular weight excluding hydrogens is 402 g/mol. The Hall–Kier alpha value is -1.82. The van der Waals surface area contributed by atoms with Crippen LogP contribution in [0.5, 0.6) is 0 Å². The maximum atomic E-state index is 13.9. The second-order valence-electron chi connectivity index (χ2n) is 5.43. The SMILES string of the molecule is CCN(CC(=O)Nc1c(Cl)cccc1Cl)C(=O)Cc1c(F)cccc1Cl. The molecule has 26 heavy (non-hydrogen) atoms. The van der Waals surface area contributed by atoms with Gasteiger partial charge in [-0.1, -0.05) is 46.9 Å². The summed E-state index contributed by atoms with van der Waals surface area (Å²) in [6.45, 7) is 1.77. The zero-order valence-electron chi connectivity index (χ0n) is 13.9. The molecule has 0 saturated heterocycles. The van der Waals surface area contributed by atoms with Crippen LogP contribution in [0.1, 0.15) is 12.5 Å². The van der Waals surface area contributed by atoms with Crippen molar-refractivity contribution in [3.63, 3.8) is 0 Å². The number of amides is 2. The van der Waals surface area contributed by atoms with Crippen LogP contribution in [0.25, 0.3) is 0 Å². The number of halogens is 4.